The molecule has 0 aliphatic carbocycles. The van der Waals surface area contributed by atoms with Gasteiger partial charge in [0.15, 0.2) is 21.5 Å². The number of piperazine rings is 1. The van der Waals surface area contributed by atoms with E-state index < -0.39 is 21.5 Å². The maximum absolute atomic E-state index is 13.9. The van der Waals surface area contributed by atoms with Gasteiger partial charge in [0.1, 0.15) is 5.69 Å². The molecule has 1 aromatic carbocycles. The molecule has 18 heavy (non-hydrogen) atoms. The third kappa shape index (κ3) is 2.62. The molecule has 0 amide bonds. The SMILES string of the molecule is CS(=O)(=O)c1cc(F)c(N2CCNCC2)c(F)c1. The smallest absolute Gasteiger partial charge is 0.175 e. The minimum Gasteiger partial charge on any atom is -0.364 e. The molecule has 0 bridgehead atoms. The van der Waals surface area contributed by atoms with E-state index in [1.807, 2.05) is 0 Å². The molecule has 2 rings (SSSR count). The predicted molar refractivity (Wildman–Crippen MR) is 64.6 cm³/mol. The van der Waals surface area contributed by atoms with Gasteiger partial charge < -0.3 is 10.2 Å². The lowest BCUT2D eigenvalue weighted by molar-refractivity contribution is 0.532. The van der Waals surface area contributed by atoms with Crippen molar-refractivity contribution in [2.24, 2.45) is 0 Å². The predicted octanol–water partition coefficient (Wildman–Crippen LogP) is 0.778. The van der Waals surface area contributed by atoms with E-state index in [1.165, 1.54) is 0 Å². The zero-order chi connectivity index (χ0) is 13.3. The molecule has 100 valence electrons. The lowest BCUT2D eigenvalue weighted by atomic mass is 10.2. The largest absolute Gasteiger partial charge is 0.364 e. The summed E-state index contributed by atoms with van der Waals surface area (Å²) in [7, 11) is -3.61. The molecular weight excluding hydrogens is 262 g/mol. The molecule has 1 heterocycles. The maximum Gasteiger partial charge on any atom is 0.175 e. The number of hydrogen-bond donors (Lipinski definition) is 1. The van der Waals surface area contributed by atoms with Gasteiger partial charge in [-0.15, -0.1) is 0 Å². The Morgan fingerprint density at radius 3 is 2.11 bits per heavy atom. The van der Waals surface area contributed by atoms with E-state index in [4.69, 9.17) is 0 Å². The van der Waals surface area contributed by atoms with Crippen molar-refractivity contribution in [2.75, 3.05) is 37.3 Å². The van der Waals surface area contributed by atoms with Crippen LogP contribution in [0.4, 0.5) is 14.5 Å². The molecule has 0 unspecified atom stereocenters. The Hall–Kier alpha value is -1.21. The van der Waals surface area contributed by atoms with Crippen molar-refractivity contribution in [1.82, 2.24) is 5.32 Å². The summed E-state index contributed by atoms with van der Waals surface area (Å²) in [5.74, 6) is -1.67. The van der Waals surface area contributed by atoms with Crippen molar-refractivity contribution in [3.63, 3.8) is 0 Å². The molecular formula is C11H14F2N2O2S. The van der Waals surface area contributed by atoms with E-state index in [2.05, 4.69) is 5.32 Å². The standard InChI is InChI=1S/C11H14F2N2O2S/c1-18(16,17)8-6-9(12)11(10(13)7-8)15-4-2-14-3-5-15/h6-7,14H,2-5H2,1H3. The Balaban J connectivity index is 2.43. The number of rotatable bonds is 2. The second-order valence-corrected chi connectivity index (χ2v) is 6.26. The molecule has 0 saturated carbocycles. The second kappa shape index (κ2) is 4.81. The van der Waals surface area contributed by atoms with Gasteiger partial charge in [-0.05, 0) is 12.1 Å². The summed E-state index contributed by atoms with van der Waals surface area (Å²) >= 11 is 0. The van der Waals surface area contributed by atoms with Crippen LogP contribution in [-0.2, 0) is 9.84 Å². The molecule has 0 aromatic heterocycles. The van der Waals surface area contributed by atoms with Crippen LogP contribution < -0.4 is 10.2 Å². The summed E-state index contributed by atoms with van der Waals surface area (Å²) < 4.78 is 50.3. The number of sulfone groups is 1. The molecule has 0 radical (unpaired) electrons. The van der Waals surface area contributed by atoms with Crippen LogP contribution in [0.15, 0.2) is 17.0 Å². The van der Waals surface area contributed by atoms with Gasteiger partial charge in [0.2, 0.25) is 0 Å². The molecule has 1 aliphatic rings. The first kappa shape index (κ1) is 13.2. The summed E-state index contributed by atoms with van der Waals surface area (Å²) in [6, 6.07) is 1.74. The molecule has 1 fully saturated rings. The van der Waals surface area contributed by atoms with Crippen LogP contribution in [-0.4, -0.2) is 40.9 Å². The first-order valence-electron chi connectivity index (χ1n) is 5.54. The van der Waals surface area contributed by atoms with Crippen molar-refractivity contribution in [3.05, 3.63) is 23.8 Å². The van der Waals surface area contributed by atoms with Crippen molar-refractivity contribution in [2.45, 2.75) is 4.90 Å². The normalized spacial score (nSPS) is 16.9. The lowest BCUT2D eigenvalue weighted by Gasteiger charge is -2.30. The van der Waals surface area contributed by atoms with Crippen LogP contribution in [0.5, 0.6) is 0 Å². The van der Waals surface area contributed by atoms with Gasteiger partial charge >= 0.3 is 0 Å². The number of halogens is 2. The Bertz CT molecular complexity index is 531. The van der Waals surface area contributed by atoms with Crippen LogP contribution in [0.2, 0.25) is 0 Å². The fraction of sp³-hybridized carbons (Fsp3) is 0.455. The van der Waals surface area contributed by atoms with E-state index in [-0.39, 0.29) is 10.6 Å². The highest BCUT2D eigenvalue weighted by Crippen LogP contribution is 2.27. The fourth-order valence-electron chi connectivity index (χ4n) is 1.95. The van der Waals surface area contributed by atoms with E-state index in [9.17, 15) is 17.2 Å². The third-order valence-electron chi connectivity index (χ3n) is 2.85. The van der Waals surface area contributed by atoms with Crippen LogP contribution in [0.3, 0.4) is 0 Å². The highest BCUT2D eigenvalue weighted by Gasteiger charge is 2.22. The number of hydrogen-bond acceptors (Lipinski definition) is 4. The number of nitrogens with one attached hydrogen (secondary N) is 1. The lowest BCUT2D eigenvalue weighted by Crippen LogP contribution is -2.44. The summed E-state index contributed by atoms with van der Waals surface area (Å²) in [5, 5.41) is 3.08. The van der Waals surface area contributed by atoms with Gasteiger partial charge in [0.25, 0.3) is 0 Å². The molecule has 7 heteroatoms. The van der Waals surface area contributed by atoms with Crippen LogP contribution in [0, 0.1) is 11.6 Å². The molecule has 4 nitrogen and oxygen atoms in total. The molecule has 0 spiro atoms. The van der Waals surface area contributed by atoms with E-state index >= 15 is 0 Å². The quantitative estimate of drug-likeness (QED) is 0.867. The van der Waals surface area contributed by atoms with Gasteiger partial charge in [0.05, 0.1) is 4.90 Å². The average Bonchev–Trinajstić information content (AvgIpc) is 2.28. The second-order valence-electron chi connectivity index (χ2n) is 4.24. The van der Waals surface area contributed by atoms with Gasteiger partial charge in [-0.3, -0.25) is 0 Å². The first-order valence-corrected chi connectivity index (χ1v) is 7.43. The summed E-state index contributed by atoms with van der Waals surface area (Å²) in [4.78, 5) is 1.24. The molecule has 1 aliphatic heterocycles. The van der Waals surface area contributed by atoms with E-state index in [0.717, 1.165) is 18.4 Å². The van der Waals surface area contributed by atoms with Gasteiger partial charge in [-0.25, -0.2) is 17.2 Å². The van der Waals surface area contributed by atoms with Crippen LogP contribution >= 0.6 is 0 Å². The number of anilines is 1. The average molecular weight is 276 g/mol. The molecule has 0 atom stereocenters. The van der Waals surface area contributed by atoms with Crippen molar-refractivity contribution >= 4 is 15.5 Å². The van der Waals surface area contributed by atoms with E-state index in [1.54, 1.807) is 4.90 Å². The Labute approximate surface area is 105 Å². The van der Waals surface area contributed by atoms with Gasteiger partial charge in [-0.1, -0.05) is 0 Å². The highest BCUT2D eigenvalue weighted by molar-refractivity contribution is 7.90. The third-order valence-corrected chi connectivity index (χ3v) is 3.94. The number of benzene rings is 1. The Kier molecular flexibility index (Phi) is 3.54. The first-order chi connectivity index (χ1) is 8.39. The number of nitrogens with zero attached hydrogens (tertiary/aromatic N) is 1. The molecule has 1 saturated heterocycles. The topological polar surface area (TPSA) is 49.4 Å². The summed E-state index contributed by atoms with van der Waals surface area (Å²) in [6.07, 6.45) is 0.922. The maximum atomic E-state index is 13.9. The monoisotopic (exact) mass is 276 g/mol. The van der Waals surface area contributed by atoms with Crippen molar-refractivity contribution < 1.29 is 17.2 Å². The minimum absolute atomic E-state index is 0.149. The van der Waals surface area contributed by atoms with Gasteiger partial charge in [-0.2, -0.15) is 0 Å². The minimum atomic E-state index is -3.61. The zero-order valence-electron chi connectivity index (χ0n) is 9.91. The summed E-state index contributed by atoms with van der Waals surface area (Å²) in [6.45, 7) is 2.28. The highest BCUT2D eigenvalue weighted by atomic mass is 32.2. The fourth-order valence-corrected chi connectivity index (χ4v) is 2.58. The van der Waals surface area contributed by atoms with Crippen molar-refractivity contribution in [3.8, 4) is 0 Å². The van der Waals surface area contributed by atoms with Crippen LogP contribution in [0.25, 0.3) is 0 Å². The van der Waals surface area contributed by atoms with E-state index in [0.29, 0.717) is 26.2 Å². The zero-order valence-corrected chi connectivity index (χ0v) is 10.7. The molecule has 1 N–H and O–H groups in total. The Morgan fingerprint density at radius 2 is 1.67 bits per heavy atom. The molecule has 1 aromatic rings. The van der Waals surface area contributed by atoms with Crippen LogP contribution in [0.1, 0.15) is 0 Å². The van der Waals surface area contributed by atoms with Gasteiger partial charge in [0, 0.05) is 32.4 Å². The Morgan fingerprint density at radius 1 is 1.17 bits per heavy atom. The van der Waals surface area contributed by atoms with Crippen molar-refractivity contribution in [1.29, 1.82) is 0 Å². The summed E-state index contributed by atoms with van der Waals surface area (Å²) in [5.41, 5.74) is -0.149.